The van der Waals surface area contributed by atoms with Crippen molar-refractivity contribution in [2.75, 3.05) is 0 Å². The molecule has 108 valence electrons. The lowest BCUT2D eigenvalue weighted by Gasteiger charge is -2.41. The molecule has 2 nitrogen and oxygen atoms in total. The molecule has 4 unspecified atom stereocenters. The standard InChI is InChI=1S/C18H24O2/c1-12-10-14(3)18-15(11-12)9-8-13(2)16(18)6-4-5-7-17(19)20/h4-9,12,14-15,18H,10-11H2,1-3H3,(H,19,20). The molecule has 0 saturated heterocycles. The van der Waals surface area contributed by atoms with Crippen LogP contribution in [0.5, 0.6) is 0 Å². The first kappa shape index (κ1) is 14.8. The van der Waals surface area contributed by atoms with Crippen LogP contribution < -0.4 is 0 Å². The molecule has 0 heterocycles. The van der Waals surface area contributed by atoms with E-state index in [1.165, 1.54) is 30.1 Å². The van der Waals surface area contributed by atoms with E-state index < -0.39 is 5.97 Å². The molecular formula is C18H24O2. The van der Waals surface area contributed by atoms with E-state index in [1.807, 2.05) is 6.08 Å². The number of rotatable bonds is 3. The van der Waals surface area contributed by atoms with Crippen LogP contribution in [-0.2, 0) is 4.79 Å². The molecule has 0 radical (unpaired) electrons. The molecule has 0 spiro atoms. The van der Waals surface area contributed by atoms with Gasteiger partial charge in [0.05, 0.1) is 0 Å². The van der Waals surface area contributed by atoms with E-state index in [2.05, 4.69) is 39.0 Å². The zero-order valence-corrected chi connectivity index (χ0v) is 12.5. The molecule has 0 bridgehead atoms. The fourth-order valence-electron chi connectivity index (χ4n) is 3.81. The Balaban J connectivity index is 2.20. The van der Waals surface area contributed by atoms with Crippen LogP contribution in [0, 0.1) is 23.7 Å². The summed E-state index contributed by atoms with van der Waals surface area (Å²) in [6, 6.07) is 0. The number of aliphatic carboxylic acids is 1. The van der Waals surface area contributed by atoms with Crippen molar-refractivity contribution in [2.24, 2.45) is 23.7 Å². The van der Waals surface area contributed by atoms with Crippen molar-refractivity contribution in [2.45, 2.75) is 33.6 Å². The molecule has 0 amide bonds. The smallest absolute Gasteiger partial charge is 0.328 e. The molecule has 1 fully saturated rings. The lowest BCUT2D eigenvalue weighted by molar-refractivity contribution is -0.131. The molecule has 2 aliphatic carbocycles. The summed E-state index contributed by atoms with van der Waals surface area (Å²) in [5.41, 5.74) is 2.69. The summed E-state index contributed by atoms with van der Waals surface area (Å²) < 4.78 is 0. The van der Waals surface area contributed by atoms with Crippen LogP contribution in [0.15, 0.2) is 47.6 Å². The van der Waals surface area contributed by atoms with E-state index in [0.29, 0.717) is 17.8 Å². The van der Waals surface area contributed by atoms with Crippen molar-refractivity contribution < 1.29 is 9.90 Å². The number of hydrogen-bond acceptors (Lipinski definition) is 1. The number of carboxylic acids is 1. The van der Waals surface area contributed by atoms with Gasteiger partial charge in [0.25, 0.3) is 0 Å². The van der Waals surface area contributed by atoms with Crippen molar-refractivity contribution >= 4 is 5.97 Å². The first-order valence-corrected chi connectivity index (χ1v) is 7.45. The maximum Gasteiger partial charge on any atom is 0.328 e. The minimum atomic E-state index is -0.901. The van der Waals surface area contributed by atoms with Crippen molar-refractivity contribution in [3.8, 4) is 0 Å². The fourth-order valence-corrected chi connectivity index (χ4v) is 3.81. The zero-order valence-electron chi connectivity index (χ0n) is 12.5. The van der Waals surface area contributed by atoms with Gasteiger partial charge in [0.1, 0.15) is 0 Å². The van der Waals surface area contributed by atoms with Crippen LogP contribution in [0.4, 0.5) is 0 Å². The third kappa shape index (κ3) is 3.30. The second kappa shape index (κ2) is 6.25. The maximum atomic E-state index is 10.5. The van der Waals surface area contributed by atoms with Crippen molar-refractivity contribution in [1.82, 2.24) is 0 Å². The number of hydrogen-bond donors (Lipinski definition) is 1. The highest BCUT2D eigenvalue weighted by Gasteiger charge is 2.35. The highest BCUT2D eigenvalue weighted by molar-refractivity contribution is 5.80. The van der Waals surface area contributed by atoms with Gasteiger partial charge in [-0.15, -0.1) is 0 Å². The van der Waals surface area contributed by atoms with Crippen molar-refractivity contribution in [3.05, 3.63) is 47.6 Å². The van der Waals surface area contributed by atoms with Crippen LogP contribution in [0.1, 0.15) is 33.6 Å². The average Bonchev–Trinajstić information content (AvgIpc) is 2.36. The topological polar surface area (TPSA) is 37.3 Å². The molecule has 2 aliphatic rings. The summed E-state index contributed by atoms with van der Waals surface area (Å²) in [7, 11) is 0. The quantitative estimate of drug-likeness (QED) is 0.612. The maximum absolute atomic E-state index is 10.5. The Labute approximate surface area is 121 Å². The van der Waals surface area contributed by atoms with E-state index in [4.69, 9.17) is 5.11 Å². The fraction of sp³-hybridized carbons (Fsp3) is 0.500. The predicted octanol–water partition coefficient (Wildman–Crippen LogP) is 4.37. The van der Waals surface area contributed by atoms with Gasteiger partial charge in [-0.25, -0.2) is 4.79 Å². The summed E-state index contributed by atoms with van der Waals surface area (Å²) in [6.45, 7) is 6.84. The Morgan fingerprint density at radius 1 is 1.30 bits per heavy atom. The SMILES string of the molecule is CC1=C(C=CC=CC(=O)O)C2C(C)CC(C)CC2C=C1. The Kier molecular flexibility index (Phi) is 4.64. The predicted molar refractivity (Wildman–Crippen MR) is 82.3 cm³/mol. The van der Waals surface area contributed by atoms with E-state index in [-0.39, 0.29) is 0 Å². The Morgan fingerprint density at radius 2 is 2.05 bits per heavy atom. The van der Waals surface area contributed by atoms with Gasteiger partial charge in [0, 0.05) is 6.08 Å². The van der Waals surface area contributed by atoms with Gasteiger partial charge in [0.2, 0.25) is 0 Å². The average molecular weight is 272 g/mol. The van der Waals surface area contributed by atoms with Crippen LogP contribution in [-0.4, -0.2) is 11.1 Å². The van der Waals surface area contributed by atoms with E-state index in [0.717, 1.165) is 5.92 Å². The van der Waals surface area contributed by atoms with E-state index in [9.17, 15) is 4.79 Å². The third-order valence-electron chi connectivity index (χ3n) is 4.56. The molecular weight excluding hydrogens is 248 g/mol. The third-order valence-corrected chi connectivity index (χ3v) is 4.56. The van der Waals surface area contributed by atoms with E-state index >= 15 is 0 Å². The van der Waals surface area contributed by atoms with E-state index in [1.54, 1.807) is 6.08 Å². The van der Waals surface area contributed by atoms with Gasteiger partial charge in [-0.2, -0.15) is 0 Å². The molecule has 0 aliphatic heterocycles. The number of carboxylic acid groups (broad SMARTS) is 1. The molecule has 0 aromatic heterocycles. The normalized spacial score (nSPS) is 34.0. The van der Waals surface area contributed by atoms with Gasteiger partial charge >= 0.3 is 5.97 Å². The molecule has 4 atom stereocenters. The zero-order chi connectivity index (χ0) is 14.7. The molecule has 0 aromatic rings. The second-order valence-corrected chi connectivity index (χ2v) is 6.30. The Morgan fingerprint density at radius 3 is 2.75 bits per heavy atom. The minimum Gasteiger partial charge on any atom is -0.478 e. The minimum absolute atomic E-state index is 0.589. The molecule has 1 N–H and O–H groups in total. The summed E-state index contributed by atoms with van der Waals surface area (Å²) >= 11 is 0. The summed E-state index contributed by atoms with van der Waals surface area (Å²) in [5.74, 6) is 1.81. The molecule has 20 heavy (non-hydrogen) atoms. The Hall–Kier alpha value is -1.57. The van der Waals surface area contributed by atoms with Crippen LogP contribution >= 0.6 is 0 Å². The van der Waals surface area contributed by atoms with Gasteiger partial charge in [-0.1, -0.05) is 44.2 Å². The number of carbonyl (C=O) groups is 1. The second-order valence-electron chi connectivity index (χ2n) is 6.30. The summed E-state index contributed by atoms with van der Waals surface area (Å²) in [5, 5.41) is 8.62. The first-order valence-electron chi connectivity index (χ1n) is 7.45. The van der Waals surface area contributed by atoms with Gasteiger partial charge in [-0.05, 0) is 54.6 Å². The van der Waals surface area contributed by atoms with Gasteiger partial charge in [0.15, 0.2) is 0 Å². The Bertz CT molecular complexity index is 494. The van der Waals surface area contributed by atoms with Crippen LogP contribution in [0.3, 0.4) is 0 Å². The highest BCUT2D eigenvalue weighted by Crippen LogP contribution is 2.45. The molecule has 2 rings (SSSR count). The molecule has 2 heteroatoms. The van der Waals surface area contributed by atoms with Gasteiger partial charge < -0.3 is 5.11 Å². The van der Waals surface area contributed by atoms with Crippen molar-refractivity contribution in [3.63, 3.8) is 0 Å². The molecule has 0 aromatic carbocycles. The summed E-state index contributed by atoms with van der Waals surface area (Å²) in [4.78, 5) is 10.5. The largest absolute Gasteiger partial charge is 0.478 e. The van der Waals surface area contributed by atoms with Gasteiger partial charge in [-0.3, -0.25) is 0 Å². The van der Waals surface area contributed by atoms with Crippen molar-refractivity contribution in [1.29, 1.82) is 0 Å². The highest BCUT2D eigenvalue weighted by atomic mass is 16.4. The van der Waals surface area contributed by atoms with Crippen LogP contribution in [0.25, 0.3) is 0 Å². The molecule has 1 saturated carbocycles. The lowest BCUT2D eigenvalue weighted by Crippen LogP contribution is -2.32. The number of allylic oxidation sites excluding steroid dienone is 7. The first-order chi connectivity index (χ1) is 9.49. The monoisotopic (exact) mass is 272 g/mol. The lowest BCUT2D eigenvalue weighted by atomic mass is 9.63. The number of fused-ring (bicyclic) bond motifs is 1. The van der Waals surface area contributed by atoms with Crippen LogP contribution in [0.2, 0.25) is 0 Å². The summed E-state index contributed by atoms with van der Waals surface area (Å²) in [6.07, 6.45) is 13.9.